The van der Waals surface area contributed by atoms with E-state index in [-0.39, 0.29) is 6.17 Å². The van der Waals surface area contributed by atoms with Gasteiger partial charge in [0.25, 0.3) is 0 Å². The molecule has 2 aromatic heterocycles. The molecule has 0 radical (unpaired) electrons. The van der Waals surface area contributed by atoms with E-state index in [0.29, 0.717) is 5.84 Å². The van der Waals surface area contributed by atoms with Gasteiger partial charge >= 0.3 is 0 Å². The van der Waals surface area contributed by atoms with E-state index < -0.39 is 0 Å². The first-order chi connectivity index (χ1) is 24.2. The summed E-state index contributed by atoms with van der Waals surface area (Å²) in [5, 5.41) is 11.4. The largest absolute Gasteiger partial charge is 0.455 e. The van der Waals surface area contributed by atoms with E-state index in [4.69, 9.17) is 19.4 Å². The number of aliphatic imine (C=N–C) groups is 2. The van der Waals surface area contributed by atoms with Gasteiger partial charge in [-0.2, -0.15) is 0 Å². The normalized spacial score (nSPS) is 14.7. The first kappa shape index (κ1) is 27.5. The van der Waals surface area contributed by atoms with Crippen molar-refractivity contribution in [2.75, 3.05) is 0 Å². The summed E-state index contributed by atoms with van der Waals surface area (Å²) in [6.07, 6.45) is 1.50. The van der Waals surface area contributed by atoms with Crippen LogP contribution >= 0.6 is 0 Å². The van der Waals surface area contributed by atoms with Crippen molar-refractivity contribution in [1.29, 1.82) is 0 Å². The number of benzene rings is 7. The Kier molecular flexibility index (Phi) is 6.18. The highest BCUT2D eigenvalue weighted by molar-refractivity contribution is 6.24. The highest BCUT2D eigenvalue weighted by Crippen LogP contribution is 2.41. The summed E-state index contributed by atoms with van der Waals surface area (Å²) < 4.78 is 6.81. The maximum absolute atomic E-state index is 6.81. The van der Waals surface area contributed by atoms with Crippen LogP contribution in [0.3, 0.4) is 0 Å². The van der Waals surface area contributed by atoms with Crippen LogP contribution < -0.4 is 5.32 Å². The Balaban J connectivity index is 1.23. The zero-order chi connectivity index (χ0) is 32.3. The Bertz CT molecular complexity index is 2810. The van der Waals surface area contributed by atoms with Crippen LogP contribution in [0.25, 0.3) is 65.5 Å². The number of aromatic nitrogens is 1. The first-order valence-electron chi connectivity index (χ1n) is 16.5. The number of fused-ring (bicyclic) bond motifs is 6. The molecule has 0 bridgehead atoms. The number of furan rings is 1. The lowest BCUT2D eigenvalue weighted by atomic mass is 9.96. The van der Waals surface area contributed by atoms with Gasteiger partial charge in [0.05, 0.1) is 5.52 Å². The standard InChI is InChI=1S/C44H28N4O/c1-2-11-29(12-3-1)42-46-43(34-19-17-28-10-5-7-14-31(28)24-34)48-44(47-42)36-21-20-35(32-18-16-27-9-4-6-13-30(27)23-32)41-40(36)37-26-38-33(15-8-22-45-38)25-39(37)49-41/h1-26,42H,(H,46,47,48). The number of nitrogens with one attached hydrogen (secondary N) is 1. The van der Waals surface area contributed by atoms with Crippen LogP contribution in [-0.2, 0) is 0 Å². The molecule has 0 fully saturated rings. The first-order valence-corrected chi connectivity index (χ1v) is 16.5. The van der Waals surface area contributed by atoms with E-state index in [1.807, 2.05) is 30.5 Å². The van der Waals surface area contributed by atoms with Gasteiger partial charge in [-0.25, -0.2) is 9.98 Å². The minimum absolute atomic E-state index is 0.328. The Labute approximate surface area is 281 Å². The van der Waals surface area contributed by atoms with Crippen molar-refractivity contribution >= 4 is 66.1 Å². The molecule has 1 unspecified atom stereocenters. The molecule has 5 heteroatoms. The molecule has 1 N–H and O–H groups in total. The Morgan fingerprint density at radius 3 is 2.02 bits per heavy atom. The lowest BCUT2D eigenvalue weighted by Crippen LogP contribution is -2.33. The van der Waals surface area contributed by atoms with Crippen LogP contribution in [0.5, 0.6) is 0 Å². The van der Waals surface area contributed by atoms with Crippen molar-refractivity contribution in [3.05, 3.63) is 175 Å². The maximum atomic E-state index is 6.81. The molecule has 3 heterocycles. The summed E-state index contributed by atoms with van der Waals surface area (Å²) in [7, 11) is 0. The fraction of sp³-hybridized carbons (Fsp3) is 0.0227. The van der Waals surface area contributed by atoms with Gasteiger partial charge < -0.3 is 9.73 Å². The summed E-state index contributed by atoms with van der Waals surface area (Å²) >= 11 is 0. The van der Waals surface area contributed by atoms with E-state index in [9.17, 15) is 0 Å². The van der Waals surface area contributed by atoms with E-state index in [1.165, 1.54) is 16.2 Å². The fourth-order valence-electron chi connectivity index (χ4n) is 7.07. The summed E-state index contributed by atoms with van der Waals surface area (Å²) in [6, 6.07) is 52.8. The van der Waals surface area contributed by atoms with Gasteiger partial charge in [-0.15, -0.1) is 0 Å². The number of amidine groups is 2. The molecule has 49 heavy (non-hydrogen) atoms. The lowest BCUT2D eigenvalue weighted by Gasteiger charge is -2.24. The van der Waals surface area contributed by atoms with Crippen molar-refractivity contribution in [2.45, 2.75) is 6.17 Å². The highest BCUT2D eigenvalue weighted by atomic mass is 16.3. The minimum atomic E-state index is -0.328. The average Bonchev–Trinajstić information content (AvgIpc) is 3.54. The van der Waals surface area contributed by atoms with Gasteiger partial charge in [-0.05, 0) is 75.1 Å². The van der Waals surface area contributed by atoms with E-state index in [1.54, 1.807) is 0 Å². The van der Waals surface area contributed by atoms with Crippen LogP contribution in [0.1, 0.15) is 22.9 Å². The van der Waals surface area contributed by atoms with Crippen LogP contribution in [0, 0.1) is 0 Å². The van der Waals surface area contributed by atoms with Gasteiger partial charge in [-0.1, -0.05) is 109 Å². The molecule has 0 aliphatic carbocycles. The molecule has 0 amide bonds. The topological polar surface area (TPSA) is 62.8 Å². The molecule has 0 spiro atoms. The molecule has 10 rings (SSSR count). The van der Waals surface area contributed by atoms with E-state index in [0.717, 1.165) is 71.9 Å². The Morgan fingerprint density at radius 2 is 1.22 bits per heavy atom. The third kappa shape index (κ3) is 4.67. The van der Waals surface area contributed by atoms with Crippen LogP contribution in [0.2, 0.25) is 0 Å². The summed E-state index contributed by atoms with van der Waals surface area (Å²) in [6.45, 7) is 0. The Morgan fingerprint density at radius 1 is 0.551 bits per heavy atom. The van der Waals surface area contributed by atoms with Gasteiger partial charge in [-0.3, -0.25) is 4.98 Å². The number of rotatable bonds is 4. The summed E-state index contributed by atoms with van der Waals surface area (Å²) in [5.74, 6) is 1.42. The van der Waals surface area contributed by atoms with Crippen molar-refractivity contribution in [1.82, 2.24) is 10.3 Å². The molecule has 1 aliphatic rings. The average molecular weight is 629 g/mol. The minimum Gasteiger partial charge on any atom is -0.455 e. The van der Waals surface area contributed by atoms with Crippen LogP contribution in [0.4, 0.5) is 0 Å². The second-order valence-electron chi connectivity index (χ2n) is 12.5. The quantitative estimate of drug-likeness (QED) is 0.211. The lowest BCUT2D eigenvalue weighted by molar-refractivity contribution is 0.669. The van der Waals surface area contributed by atoms with Crippen LogP contribution in [0.15, 0.2) is 172 Å². The zero-order valence-electron chi connectivity index (χ0n) is 26.3. The highest BCUT2D eigenvalue weighted by Gasteiger charge is 2.25. The maximum Gasteiger partial charge on any atom is 0.160 e. The predicted octanol–water partition coefficient (Wildman–Crippen LogP) is 10.6. The monoisotopic (exact) mass is 628 g/mol. The molecular weight excluding hydrogens is 601 g/mol. The van der Waals surface area contributed by atoms with Crippen molar-refractivity contribution < 1.29 is 4.42 Å². The van der Waals surface area contributed by atoms with E-state index >= 15 is 0 Å². The van der Waals surface area contributed by atoms with E-state index in [2.05, 4.69) is 133 Å². The Hall–Kier alpha value is -6.59. The smallest absolute Gasteiger partial charge is 0.160 e. The third-order valence-corrected chi connectivity index (χ3v) is 9.53. The van der Waals surface area contributed by atoms with Gasteiger partial charge in [0.2, 0.25) is 0 Å². The molecule has 230 valence electrons. The molecule has 0 saturated heterocycles. The zero-order valence-corrected chi connectivity index (χ0v) is 26.3. The molecule has 0 saturated carbocycles. The second-order valence-corrected chi connectivity index (χ2v) is 12.5. The van der Waals surface area contributed by atoms with Crippen molar-refractivity contribution in [2.24, 2.45) is 9.98 Å². The van der Waals surface area contributed by atoms with Crippen LogP contribution in [-0.4, -0.2) is 16.7 Å². The molecule has 5 nitrogen and oxygen atoms in total. The molecular formula is C44H28N4O. The molecule has 9 aromatic rings. The molecule has 1 aliphatic heterocycles. The molecule has 7 aromatic carbocycles. The number of hydrogen-bond donors (Lipinski definition) is 1. The van der Waals surface area contributed by atoms with Crippen molar-refractivity contribution in [3.63, 3.8) is 0 Å². The number of nitrogens with zero attached hydrogens (tertiary/aromatic N) is 3. The SMILES string of the molecule is c1ccc(C2N=C(c3ccc(-c4ccc5ccccc5c4)c4oc5cc6cccnc6cc5c34)N=C(c3ccc4ccccc4c3)N2)cc1. The second kappa shape index (κ2) is 11.0. The predicted molar refractivity (Wildman–Crippen MR) is 201 cm³/mol. The van der Waals surface area contributed by atoms with Gasteiger partial charge in [0, 0.05) is 39.0 Å². The summed E-state index contributed by atoms with van der Waals surface area (Å²) in [5.41, 5.74) is 7.60. The summed E-state index contributed by atoms with van der Waals surface area (Å²) in [4.78, 5) is 15.2. The number of pyridine rings is 1. The van der Waals surface area contributed by atoms with Gasteiger partial charge in [0.1, 0.15) is 23.2 Å². The fourth-order valence-corrected chi connectivity index (χ4v) is 7.07. The van der Waals surface area contributed by atoms with Gasteiger partial charge in [0.15, 0.2) is 5.84 Å². The third-order valence-electron chi connectivity index (χ3n) is 9.53. The number of hydrogen-bond acceptors (Lipinski definition) is 5. The van der Waals surface area contributed by atoms with Crippen molar-refractivity contribution in [3.8, 4) is 11.1 Å². The molecule has 1 atom stereocenters.